The number of nitrogens with zero attached hydrogens (tertiary/aromatic N) is 1. The molecule has 1 aliphatic heterocycles. The minimum absolute atomic E-state index is 0.211. The van der Waals surface area contributed by atoms with Crippen LogP contribution in [0.15, 0.2) is 0 Å². The Morgan fingerprint density at radius 2 is 1.47 bits per heavy atom. The van der Waals surface area contributed by atoms with Gasteiger partial charge in [0.05, 0.1) is 18.8 Å². The molecular weight excluding hydrogens is 382 g/mol. The third-order valence-electron chi connectivity index (χ3n) is 8.01. The van der Waals surface area contributed by atoms with Gasteiger partial charge in [-0.05, 0) is 69.2 Å². The molecule has 0 radical (unpaired) electrons. The number of likely N-dealkylation sites (tertiary alicyclic amines) is 1. The van der Waals surface area contributed by atoms with Gasteiger partial charge in [0.25, 0.3) is 0 Å². The van der Waals surface area contributed by atoms with Crippen molar-refractivity contribution in [2.24, 2.45) is 17.8 Å². The molecule has 4 N–H and O–H groups in total. The first-order valence-electron chi connectivity index (χ1n) is 12.6. The lowest BCUT2D eigenvalue weighted by Gasteiger charge is -2.43. The van der Waals surface area contributed by atoms with Crippen LogP contribution in [0.3, 0.4) is 0 Å². The number of hydrogen-bond donors (Lipinski definition) is 4. The van der Waals surface area contributed by atoms with Crippen LogP contribution >= 0.6 is 0 Å². The van der Waals surface area contributed by atoms with Crippen LogP contribution < -0.4 is 0 Å². The summed E-state index contributed by atoms with van der Waals surface area (Å²) in [5.74, 6) is 2.74. The van der Waals surface area contributed by atoms with Gasteiger partial charge in [0, 0.05) is 19.8 Å². The van der Waals surface area contributed by atoms with Crippen LogP contribution in [0.5, 0.6) is 0 Å². The Balaban J connectivity index is 1.21. The summed E-state index contributed by atoms with van der Waals surface area (Å²) in [6.07, 6.45) is 12.5. The van der Waals surface area contributed by atoms with Crippen molar-refractivity contribution in [2.45, 2.75) is 101 Å². The summed E-state index contributed by atoms with van der Waals surface area (Å²) < 4.78 is 5.97. The number of aliphatic hydroxyl groups is 4. The minimum Gasteiger partial charge on any atom is -0.395 e. The van der Waals surface area contributed by atoms with E-state index in [1.807, 2.05) is 4.90 Å². The maximum atomic E-state index is 10.0. The molecule has 176 valence electrons. The molecule has 1 saturated heterocycles. The van der Waals surface area contributed by atoms with E-state index >= 15 is 0 Å². The summed E-state index contributed by atoms with van der Waals surface area (Å²) in [7, 11) is 0. The lowest BCUT2D eigenvalue weighted by Crippen LogP contribution is -2.62. The molecule has 0 aromatic heterocycles. The van der Waals surface area contributed by atoms with Crippen molar-refractivity contribution in [3.63, 3.8) is 0 Å². The Kier molecular flexibility index (Phi) is 10.3. The Labute approximate surface area is 182 Å². The second-order valence-corrected chi connectivity index (χ2v) is 10.1. The van der Waals surface area contributed by atoms with Gasteiger partial charge in [0.2, 0.25) is 0 Å². The van der Waals surface area contributed by atoms with E-state index in [0.717, 1.165) is 50.2 Å². The van der Waals surface area contributed by atoms with Crippen molar-refractivity contribution in [3.05, 3.63) is 0 Å². The zero-order valence-corrected chi connectivity index (χ0v) is 18.7. The molecule has 0 amide bonds. The van der Waals surface area contributed by atoms with Gasteiger partial charge in [-0.25, -0.2) is 0 Å². The molecular formula is C24H45NO5. The second kappa shape index (κ2) is 12.7. The Hall–Kier alpha value is -0.240. The summed E-state index contributed by atoms with van der Waals surface area (Å²) in [6, 6.07) is -0.497. The van der Waals surface area contributed by atoms with E-state index in [0.29, 0.717) is 13.1 Å². The van der Waals surface area contributed by atoms with Crippen LogP contribution in [0.4, 0.5) is 0 Å². The molecule has 3 aliphatic rings. The highest BCUT2D eigenvalue weighted by Gasteiger charge is 2.40. The monoisotopic (exact) mass is 427 g/mol. The van der Waals surface area contributed by atoms with Gasteiger partial charge >= 0.3 is 0 Å². The minimum atomic E-state index is -1.18. The molecule has 2 saturated carbocycles. The SMILES string of the molecule is OC[C@@H]1[C@H](O)[C@H](O)[C@@H](O)CN1CCCCCOCC1CCC(C2CCCCC2)CC1. The van der Waals surface area contributed by atoms with Crippen LogP contribution in [0.25, 0.3) is 0 Å². The number of β-amino-alcohol motifs (C(OH)–C–C–N with tert-alkyl or cyclic N) is 1. The number of hydrogen-bond acceptors (Lipinski definition) is 6. The highest BCUT2D eigenvalue weighted by atomic mass is 16.5. The highest BCUT2D eigenvalue weighted by Crippen LogP contribution is 2.39. The lowest BCUT2D eigenvalue weighted by atomic mass is 9.71. The average Bonchev–Trinajstić information content (AvgIpc) is 2.78. The largest absolute Gasteiger partial charge is 0.395 e. The predicted molar refractivity (Wildman–Crippen MR) is 117 cm³/mol. The summed E-state index contributed by atoms with van der Waals surface area (Å²) in [6.45, 7) is 2.50. The fourth-order valence-corrected chi connectivity index (χ4v) is 6.01. The molecule has 6 nitrogen and oxygen atoms in total. The Bertz CT molecular complexity index is 465. The normalized spacial score (nSPS) is 36.8. The predicted octanol–water partition coefficient (Wildman–Crippen LogP) is 2.32. The number of piperidine rings is 1. The molecule has 0 aromatic rings. The molecule has 0 spiro atoms. The maximum Gasteiger partial charge on any atom is 0.109 e. The number of aliphatic hydroxyl groups excluding tert-OH is 4. The lowest BCUT2D eigenvalue weighted by molar-refractivity contribution is -0.145. The van der Waals surface area contributed by atoms with E-state index in [1.54, 1.807) is 0 Å². The maximum absolute atomic E-state index is 10.0. The summed E-state index contributed by atoms with van der Waals surface area (Å²) in [4.78, 5) is 1.90. The third-order valence-corrected chi connectivity index (χ3v) is 8.01. The Morgan fingerprint density at radius 1 is 0.767 bits per heavy atom. The van der Waals surface area contributed by atoms with Crippen LogP contribution in [0.1, 0.15) is 77.0 Å². The molecule has 3 fully saturated rings. The number of rotatable bonds is 10. The van der Waals surface area contributed by atoms with Crippen LogP contribution in [-0.4, -0.2) is 82.6 Å². The fraction of sp³-hybridized carbons (Fsp3) is 1.00. The topological polar surface area (TPSA) is 93.4 Å². The van der Waals surface area contributed by atoms with Crippen LogP contribution in [0, 0.1) is 17.8 Å². The number of ether oxygens (including phenoxy) is 1. The Morgan fingerprint density at radius 3 is 2.17 bits per heavy atom. The quantitative estimate of drug-likeness (QED) is 0.400. The van der Waals surface area contributed by atoms with E-state index in [9.17, 15) is 20.4 Å². The van der Waals surface area contributed by atoms with E-state index in [4.69, 9.17) is 4.74 Å². The first-order valence-corrected chi connectivity index (χ1v) is 12.6. The molecule has 0 unspecified atom stereocenters. The zero-order chi connectivity index (χ0) is 21.3. The first kappa shape index (κ1) is 24.4. The van der Waals surface area contributed by atoms with E-state index in [-0.39, 0.29) is 6.61 Å². The molecule has 4 atom stereocenters. The van der Waals surface area contributed by atoms with Gasteiger partial charge in [0.1, 0.15) is 12.2 Å². The van der Waals surface area contributed by atoms with Crippen molar-refractivity contribution in [1.82, 2.24) is 4.90 Å². The second-order valence-electron chi connectivity index (χ2n) is 10.1. The van der Waals surface area contributed by atoms with E-state index in [1.165, 1.54) is 57.8 Å². The van der Waals surface area contributed by atoms with Crippen LogP contribution in [0.2, 0.25) is 0 Å². The molecule has 2 aliphatic carbocycles. The molecule has 1 heterocycles. The van der Waals surface area contributed by atoms with Gasteiger partial charge < -0.3 is 25.2 Å². The summed E-state index contributed by atoms with van der Waals surface area (Å²) >= 11 is 0. The van der Waals surface area contributed by atoms with Gasteiger partial charge in [-0.15, -0.1) is 0 Å². The summed E-state index contributed by atoms with van der Waals surface area (Å²) in [5.41, 5.74) is 0. The smallest absolute Gasteiger partial charge is 0.109 e. The number of unbranched alkanes of at least 4 members (excludes halogenated alkanes) is 2. The molecule has 0 bridgehead atoms. The van der Waals surface area contributed by atoms with Crippen molar-refractivity contribution in [1.29, 1.82) is 0 Å². The van der Waals surface area contributed by atoms with Crippen molar-refractivity contribution in [2.75, 3.05) is 32.9 Å². The fourth-order valence-electron chi connectivity index (χ4n) is 6.01. The average molecular weight is 428 g/mol. The van der Waals surface area contributed by atoms with Gasteiger partial charge in [-0.1, -0.05) is 32.1 Å². The van der Waals surface area contributed by atoms with Crippen molar-refractivity contribution in [3.8, 4) is 0 Å². The van der Waals surface area contributed by atoms with Gasteiger partial charge in [-0.3, -0.25) is 4.90 Å². The molecule has 0 aromatic carbocycles. The summed E-state index contributed by atoms with van der Waals surface area (Å²) in [5, 5.41) is 39.2. The van der Waals surface area contributed by atoms with Crippen molar-refractivity contribution >= 4 is 0 Å². The molecule has 3 rings (SSSR count). The van der Waals surface area contributed by atoms with Crippen molar-refractivity contribution < 1.29 is 25.2 Å². The highest BCUT2D eigenvalue weighted by molar-refractivity contribution is 4.94. The van der Waals surface area contributed by atoms with E-state index in [2.05, 4.69) is 0 Å². The third kappa shape index (κ3) is 6.88. The van der Waals surface area contributed by atoms with E-state index < -0.39 is 24.4 Å². The first-order chi connectivity index (χ1) is 14.6. The van der Waals surface area contributed by atoms with Gasteiger partial charge in [0.15, 0.2) is 0 Å². The molecule has 30 heavy (non-hydrogen) atoms. The van der Waals surface area contributed by atoms with Crippen LogP contribution in [-0.2, 0) is 4.74 Å². The standard InChI is InChI=1S/C24H45NO5/c26-16-21-23(28)24(29)22(27)15-25(21)13-5-2-6-14-30-17-18-9-11-20(12-10-18)19-7-3-1-4-8-19/h18-24,26-29H,1-17H2/t18?,20?,21-,22+,23+,24-/m1/s1. The zero-order valence-electron chi connectivity index (χ0n) is 18.7. The molecule has 6 heteroatoms. The van der Waals surface area contributed by atoms with Gasteiger partial charge in [-0.2, -0.15) is 0 Å².